The van der Waals surface area contributed by atoms with Crippen LogP contribution in [0.25, 0.3) is 11.3 Å². The number of aryl methyl sites for hydroxylation is 1. The summed E-state index contributed by atoms with van der Waals surface area (Å²) in [7, 11) is 0. The third-order valence-corrected chi connectivity index (χ3v) is 4.83. The van der Waals surface area contributed by atoms with Crippen molar-refractivity contribution < 1.29 is 9.32 Å². The fourth-order valence-electron chi connectivity index (χ4n) is 3.38. The van der Waals surface area contributed by atoms with Crippen LogP contribution in [-0.4, -0.2) is 39.0 Å². The van der Waals surface area contributed by atoms with Gasteiger partial charge in [0.25, 0.3) is 5.91 Å². The first-order valence-corrected chi connectivity index (χ1v) is 9.52. The molecule has 0 saturated carbocycles. The van der Waals surface area contributed by atoms with Crippen LogP contribution in [0, 0.1) is 6.92 Å². The van der Waals surface area contributed by atoms with E-state index in [4.69, 9.17) is 4.52 Å². The lowest BCUT2D eigenvalue weighted by Gasteiger charge is -2.14. The van der Waals surface area contributed by atoms with Crippen molar-refractivity contribution in [1.29, 1.82) is 0 Å². The number of carbonyl (C=O) groups excluding carboxylic acids is 1. The lowest BCUT2D eigenvalue weighted by molar-refractivity contribution is 0.0949. The molecular formula is C21H23N5O2. The summed E-state index contributed by atoms with van der Waals surface area (Å²) < 4.78 is 4.91. The minimum atomic E-state index is -0.185. The molecule has 1 saturated heterocycles. The van der Waals surface area contributed by atoms with Crippen molar-refractivity contribution in [2.24, 2.45) is 0 Å². The smallest absolute Gasteiger partial charge is 0.251 e. The van der Waals surface area contributed by atoms with E-state index in [0.717, 1.165) is 17.8 Å². The lowest BCUT2D eigenvalue weighted by Crippen LogP contribution is -2.23. The summed E-state index contributed by atoms with van der Waals surface area (Å²) in [4.78, 5) is 23.6. The summed E-state index contributed by atoms with van der Waals surface area (Å²) in [6, 6.07) is 11.6. The standard InChI is InChI=1S/C21H23N5O2/c1-15-24-20(25-28-15)13-23-21(27)18-6-4-5-17(11-18)19-8-7-16(12-22-19)14-26-9-2-3-10-26/h4-8,11-12H,2-3,9-10,13-14H2,1H3,(H,23,27). The Morgan fingerprint density at radius 3 is 2.79 bits per heavy atom. The van der Waals surface area contributed by atoms with Crippen LogP contribution in [0.4, 0.5) is 0 Å². The Kier molecular flexibility index (Phi) is 5.43. The minimum absolute atomic E-state index is 0.185. The molecule has 0 atom stereocenters. The van der Waals surface area contributed by atoms with Gasteiger partial charge in [-0.25, -0.2) is 0 Å². The molecule has 1 amide bonds. The number of likely N-dealkylation sites (tertiary alicyclic amines) is 1. The number of benzene rings is 1. The average molecular weight is 377 g/mol. The van der Waals surface area contributed by atoms with E-state index >= 15 is 0 Å². The van der Waals surface area contributed by atoms with Crippen LogP contribution in [0.15, 0.2) is 47.1 Å². The molecule has 0 bridgehead atoms. The molecule has 28 heavy (non-hydrogen) atoms. The van der Waals surface area contributed by atoms with E-state index in [1.54, 1.807) is 13.0 Å². The number of aromatic nitrogens is 3. The molecule has 1 aliphatic heterocycles. The molecule has 0 spiro atoms. The molecule has 4 rings (SSSR count). The zero-order valence-electron chi connectivity index (χ0n) is 15.9. The zero-order chi connectivity index (χ0) is 19.3. The van der Waals surface area contributed by atoms with Crippen molar-refractivity contribution >= 4 is 5.91 Å². The molecule has 3 heterocycles. The summed E-state index contributed by atoms with van der Waals surface area (Å²) in [5.41, 5.74) is 3.56. The van der Waals surface area contributed by atoms with Gasteiger partial charge in [-0.3, -0.25) is 14.7 Å². The summed E-state index contributed by atoms with van der Waals surface area (Å²) in [5.74, 6) is 0.748. The first-order valence-electron chi connectivity index (χ1n) is 9.52. The molecule has 144 valence electrons. The SMILES string of the molecule is Cc1nc(CNC(=O)c2cccc(-c3ccc(CN4CCCC4)cn3)c2)no1. The topological polar surface area (TPSA) is 84.2 Å². The molecular weight excluding hydrogens is 354 g/mol. The van der Waals surface area contributed by atoms with Crippen LogP contribution >= 0.6 is 0 Å². The first-order chi connectivity index (χ1) is 13.7. The molecule has 3 aromatic rings. The van der Waals surface area contributed by atoms with E-state index < -0.39 is 0 Å². The number of nitrogens with one attached hydrogen (secondary N) is 1. The monoisotopic (exact) mass is 377 g/mol. The number of rotatable bonds is 6. The summed E-state index contributed by atoms with van der Waals surface area (Å²) in [6.07, 6.45) is 4.50. The highest BCUT2D eigenvalue weighted by Gasteiger charge is 2.13. The highest BCUT2D eigenvalue weighted by atomic mass is 16.5. The molecule has 1 aromatic carbocycles. The Hall–Kier alpha value is -3.06. The van der Waals surface area contributed by atoms with Crippen LogP contribution in [0.3, 0.4) is 0 Å². The fourth-order valence-corrected chi connectivity index (χ4v) is 3.38. The summed E-state index contributed by atoms with van der Waals surface area (Å²) in [5, 5.41) is 6.58. The molecule has 1 N–H and O–H groups in total. The largest absolute Gasteiger partial charge is 0.345 e. The number of hydrogen-bond acceptors (Lipinski definition) is 6. The molecule has 7 nitrogen and oxygen atoms in total. The number of carbonyl (C=O) groups is 1. The van der Waals surface area contributed by atoms with Crippen molar-refractivity contribution in [2.75, 3.05) is 13.1 Å². The molecule has 1 aliphatic rings. The Balaban J connectivity index is 1.41. The average Bonchev–Trinajstić information content (AvgIpc) is 3.38. The van der Waals surface area contributed by atoms with Gasteiger partial charge in [-0.2, -0.15) is 4.98 Å². The fraction of sp³-hybridized carbons (Fsp3) is 0.333. The van der Waals surface area contributed by atoms with Gasteiger partial charge in [-0.15, -0.1) is 0 Å². The van der Waals surface area contributed by atoms with E-state index in [-0.39, 0.29) is 12.5 Å². The Labute approximate surface area is 163 Å². The molecule has 2 aromatic heterocycles. The lowest BCUT2D eigenvalue weighted by atomic mass is 10.1. The maximum atomic E-state index is 12.4. The molecule has 0 aliphatic carbocycles. The summed E-state index contributed by atoms with van der Waals surface area (Å²) in [6.45, 7) is 5.23. The quantitative estimate of drug-likeness (QED) is 0.711. The molecule has 1 fully saturated rings. The van der Waals surface area contributed by atoms with E-state index in [0.29, 0.717) is 17.3 Å². The minimum Gasteiger partial charge on any atom is -0.345 e. The second-order valence-electron chi connectivity index (χ2n) is 7.03. The van der Waals surface area contributed by atoms with Crippen LogP contribution in [-0.2, 0) is 13.1 Å². The van der Waals surface area contributed by atoms with Gasteiger partial charge in [0.05, 0.1) is 12.2 Å². The summed E-state index contributed by atoms with van der Waals surface area (Å²) >= 11 is 0. The highest BCUT2D eigenvalue weighted by Crippen LogP contribution is 2.20. The number of nitrogens with zero attached hydrogens (tertiary/aromatic N) is 4. The van der Waals surface area contributed by atoms with Crippen molar-refractivity contribution in [2.45, 2.75) is 32.9 Å². The Morgan fingerprint density at radius 1 is 1.21 bits per heavy atom. The van der Waals surface area contributed by atoms with Gasteiger partial charge in [-0.1, -0.05) is 23.4 Å². The van der Waals surface area contributed by atoms with Gasteiger partial charge in [0.2, 0.25) is 5.89 Å². The van der Waals surface area contributed by atoms with Gasteiger partial charge in [0.15, 0.2) is 5.82 Å². The zero-order valence-corrected chi connectivity index (χ0v) is 15.9. The molecule has 0 radical (unpaired) electrons. The van der Waals surface area contributed by atoms with E-state index in [9.17, 15) is 4.79 Å². The molecule has 7 heteroatoms. The number of amides is 1. The van der Waals surface area contributed by atoms with E-state index in [2.05, 4.69) is 31.4 Å². The number of pyridine rings is 1. The third kappa shape index (κ3) is 4.43. The maximum absolute atomic E-state index is 12.4. The predicted octanol–water partition coefficient (Wildman–Crippen LogP) is 2.97. The third-order valence-electron chi connectivity index (χ3n) is 4.83. The van der Waals surface area contributed by atoms with Crippen molar-refractivity contribution in [3.05, 3.63) is 65.4 Å². The molecule has 0 unspecified atom stereocenters. The second kappa shape index (κ2) is 8.31. The van der Waals surface area contributed by atoms with Gasteiger partial charge in [0.1, 0.15) is 0 Å². The van der Waals surface area contributed by atoms with Crippen molar-refractivity contribution in [1.82, 2.24) is 25.3 Å². The van der Waals surface area contributed by atoms with E-state index in [1.807, 2.05) is 30.5 Å². The predicted molar refractivity (Wildman–Crippen MR) is 104 cm³/mol. The first kappa shape index (κ1) is 18.3. The normalized spacial score (nSPS) is 14.3. The second-order valence-corrected chi connectivity index (χ2v) is 7.03. The van der Waals surface area contributed by atoms with Crippen molar-refractivity contribution in [3.8, 4) is 11.3 Å². The van der Waals surface area contributed by atoms with Crippen LogP contribution < -0.4 is 5.32 Å². The highest BCUT2D eigenvalue weighted by molar-refractivity contribution is 5.95. The van der Waals surface area contributed by atoms with Crippen molar-refractivity contribution in [3.63, 3.8) is 0 Å². The maximum Gasteiger partial charge on any atom is 0.251 e. The van der Waals surface area contributed by atoms with Crippen LogP contribution in [0.2, 0.25) is 0 Å². The van der Waals surface area contributed by atoms with Gasteiger partial charge < -0.3 is 9.84 Å². The van der Waals surface area contributed by atoms with Gasteiger partial charge in [0, 0.05) is 30.8 Å². The Bertz CT molecular complexity index is 945. The van der Waals surface area contributed by atoms with E-state index in [1.165, 1.54) is 31.5 Å². The van der Waals surface area contributed by atoms with Gasteiger partial charge in [-0.05, 0) is 49.7 Å². The Morgan fingerprint density at radius 2 is 2.07 bits per heavy atom. The van der Waals surface area contributed by atoms with Crippen LogP contribution in [0.5, 0.6) is 0 Å². The van der Waals surface area contributed by atoms with Crippen LogP contribution in [0.1, 0.15) is 40.5 Å². The number of hydrogen-bond donors (Lipinski definition) is 1. The van der Waals surface area contributed by atoms with Gasteiger partial charge >= 0.3 is 0 Å².